The molecule has 2 aliphatic rings. The highest BCUT2D eigenvalue weighted by molar-refractivity contribution is 5.91. The Morgan fingerprint density at radius 3 is 1.69 bits per heavy atom. The van der Waals surface area contributed by atoms with Gasteiger partial charge in [0.25, 0.3) is 0 Å². The van der Waals surface area contributed by atoms with Gasteiger partial charge in [-0.1, -0.05) is 0 Å². The molecule has 2 aromatic rings. The molecule has 2 aromatic carbocycles. The smallest absolute Gasteiger partial charge is 0.343 e. The molecule has 8 heteroatoms. The van der Waals surface area contributed by atoms with Gasteiger partial charge in [0.1, 0.15) is 29.5 Å². The molecule has 0 spiro atoms. The quantitative estimate of drug-likeness (QED) is 0.176. The number of carbonyl (C=O) groups excluding carboxylic acids is 1. The first-order valence-corrected chi connectivity index (χ1v) is 9.33. The van der Waals surface area contributed by atoms with E-state index >= 15 is 0 Å². The van der Waals surface area contributed by atoms with E-state index in [4.69, 9.17) is 33.2 Å². The van der Waals surface area contributed by atoms with Gasteiger partial charge in [0, 0.05) is 0 Å². The van der Waals surface area contributed by atoms with Crippen LogP contribution in [-0.2, 0) is 18.9 Å². The second kappa shape index (κ2) is 9.71. The van der Waals surface area contributed by atoms with E-state index in [2.05, 4.69) is 0 Å². The van der Waals surface area contributed by atoms with E-state index in [0.717, 1.165) is 13.2 Å². The Hall–Kier alpha value is -2.65. The Morgan fingerprint density at radius 1 is 0.759 bits per heavy atom. The number of ether oxygens (including phenoxy) is 7. The van der Waals surface area contributed by atoms with Crippen LogP contribution in [0.1, 0.15) is 10.4 Å². The molecule has 2 fully saturated rings. The predicted molar refractivity (Wildman–Crippen MR) is 100 cm³/mol. The molecule has 0 bridgehead atoms. The van der Waals surface area contributed by atoms with Crippen LogP contribution in [0, 0.1) is 0 Å². The van der Waals surface area contributed by atoms with Crippen molar-refractivity contribution in [3.05, 3.63) is 54.1 Å². The number of esters is 1. The molecule has 2 saturated heterocycles. The van der Waals surface area contributed by atoms with Crippen LogP contribution in [0.4, 0.5) is 0 Å². The zero-order chi connectivity index (χ0) is 19.9. The topological polar surface area (TPSA) is 88.3 Å². The third-order valence-corrected chi connectivity index (χ3v) is 4.15. The molecule has 2 aliphatic heterocycles. The summed E-state index contributed by atoms with van der Waals surface area (Å²) in [4.78, 5) is 12.3. The highest BCUT2D eigenvalue weighted by Crippen LogP contribution is 2.20. The zero-order valence-corrected chi connectivity index (χ0v) is 15.8. The third-order valence-electron chi connectivity index (χ3n) is 4.15. The minimum atomic E-state index is -0.458. The van der Waals surface area contributed by atoms with E-state index in [1.165, 1.54) is 0 Å². The first-order valence-electron chi connectivity index (χ1n) is 9.33. The van der Waals surface area contributed by atoms with Gasteiger partial charge in [-0.15, -0.1) is 0 Å². The largest absolute Gasteiger partial charge is 0.468 e. The van der Waals surface area contributed by atoms with Crippen molar-refractivity contribution < 1.29 is 38.0 Å². The molecular formula is C21H22O8. The van der Waals surface area contributed by atoms with Crippen LogP contribution in [0.25, 0.3) is 0 Å². The summed E-state index contributed by atoms with van der Waals surface area (Å²) >= 11 is 0. The number of epoxide rings is 2. The van der Waals surface area contributed by atoms with Crippen molar-refractivity contribution in [3.63, 3.8) is 0 Å². The Kier molecular flexibility index (Phi) is 6.58. The maximum absolute atomic E-state index is 12.3. The molecule has 4 rings (SSSR count). The van der Waals surface area contributed by atoms with Gasteiger partial charge >= 0.3 is 5.97 Å². The molecule has 29 heavy (non-hydrogen) atoms. The summed E-state index contributed by atoms with van der Waals surface area (Å²) < 4.78 is 37.0. The summed E-state index contributed by atoms with van der Waals surface area (Å²) in [7, 11) is 0. The maximum Gasteiger partial charge on any atom is 0.343 e. The summed E-state index contributed by atoms with van der Waals surface area (Å²) in [6, 6.07) is 13.4. The molecule has 0 aliphatic carbocycles. The van der Waals surface area contributed by atoms with Crippen LogP contribution in [0.2, 0.25) is 0 Å². The molecule has 2 atom stereocenters. The standard InChI is InChI=1S/C21H22O8/c22-21(15-1-3-16(4-2-15)27-13-23-9-19-11-25-19)29-18-7-5-17(6-8-18)28-14-24-10-20-12-26-20/h1-8,19-20H,9-14H2. The van der Waals surface area contributed by atoms with E-state index < -0.39 is 5.97 Å². The van der Waals surface area contributed by atoms with E-state index in [9.17, 15) is 4.79 Å². The van der Waals surface area contributed by atoms with Gasteiger partial charge in [0.15, 0.2) is 13.6 Å². The lowest BCUT2D eigenvalue weighted by Gasteiger charge is -2.09. The highest BCUT2D eigenvalue weighted by Gasteiger charge is 2.22. The average Bonchev–Trinajstić information content (AvgIpc) is 3.66. The second-order valence-electron chi connectivity index (χ2n) is 6.56. The summed E-state index contributed by atoms with van der Waals surface area (Å²) in [6.45, 7) is 2.83. The number of rotatable bonds is 12. The Balaban J connectivity index is 1.18. The summed E-state index contributed by atoms with van der Waals surface area (Å²) in [6.07, 6.45) is 0.406. The molecule has 2 heterocycles. The molecule has 8 nitrogen and oxygen atoms in total. The maximum atomic E-state index is 12.3. The summed E-state index contributed by atoms with van der Waals surface area (Å²) in [5.41, 5.74) is 0.417. The van der Waals surface area contributed by atoms with E-state index in [0.29, 0.717) is 36.0 Å². The van der Waals surface area contributed by atoms with Crippen molar-refractivity contribution >= 4 is 5.97 Å². The number of hydrogen-bond acceptors (Lipinski definition) is 8. The van der Waals surface area contributed by atoms with Crippen LogP contribution >= 0.6 is 0 Å². The molecule has 0 aromatic heterocycles. The van der Waals surface area contributed by atoms with Crippen LogP contribution in [0.5, 0.6) is 17.2 Å². The van der Waals surface area contributed by atoms with Crippen LogP contribution in [0.3, 0.4) is 0 Å². The normalized spacial score (nSPS) is 19.4. The van der Waals surface area contributed by atoms with E-state index in [-0.39, 0.29) is 25.8 Å². The fraction of sp³-hybridized carbons (Fsp3) is 0.381. The van der Waals surface area contributed by atoms with E-state index in [1.54, 1.807) is 48.5 Å². The number of carbonyl (C=O) groups is 1. The van der Waals surface area contributed by atoms with Crippen molar-refractivity contribution in [1.82, 2.24) is 0 Å². The molecule has 0 N–H and O–H groups in total. The molecule has 0 amide bonds. The summed E-state index contributed by atoms with van der Waals surface area (Å²) in [5.74, 6) is 1.19. The average molecular weight is 402 g/mol. The van der Waals surface area contributed by atoms with Gasteiger partial charge in [0.05, 0.1) is 32.0 Å². The minimum absolute atomic E-state index is 0.136. The van der Waals surface area contributed by atoms with Crippen molar-refractivity contribution in [2.75, 3.05) is 40.0 Å². The Morgan fingerprint density at radius 2 is 1.21 bits per heavy atom. The SMILES string of the molecule is O=C(Oc1ccc(OCOCC2CO2)cc1)c1ccc(OCOCC2CO2)cc1. The van der Waals surface area contributed by atoms with Crippen molar-refractivity contribution in [2.45, 2.75) is 12.2 Å². The Bertz CT molecular complexity index is 781. The van der Waals surface area contributed by atoms with Crippen LogP contribution in [-0.4, -0.2) is 58.2 Å². The monoisotopic (exact) mass is 402 g/mol. The van der Waals surface area contributed by atoms with Crippen molar-refractivity contribution in [1.29, 1.82) is 0 Å². The van der Waals surface area contributed by atoms with Gasteiger partial charge in [-0.3, -0.25) is 0 Å². The van der Waals surface area contributed by atoms with Gasteiger partial charge in [-0.25, -0.2) is 4.79 Å². The van der Waals surface area contributed by atoms with Crippen LogP contribution in [0.15, 0.2) is 48.5 Å². The van der Waals surface area contributed by atoms with Crippen molar-refractivity contribution in [3.8, 4) is 17.2 Å². The van der Waals surface area contributed by atoms with Gasteiger partial charge in [-0.2, -0.15) is 0 Å². The second-order valence-corrected chi connectivity index (χ2v) is 6.56. The van der Waals surface area contributed by atoms with E-state index in [1.807, 2.05) is 0 Å². The zero-order valence-electron chi connectivity index (χ0n) is 15.8. The first kappa shape index (κ1) is 19.7. The molecular weight excluding hydrogens is 380 g/mol. The Labute approximate surface area is 168 Å². The lowest BCUT2D eigenvalue weighted by atomic mass is 10.2. The van der Waals surface area contributed by atoms with Crippen molar-refractivity contribution in [2.24, 2.45) is 0 Å². The van der Waals surface area contributed by atoms with Gasteiger partial charge < -0.3 is 33.2 Å². The lowest BCUT2D eigenvalue weighted by molar-refractivity contribution is 0.00805. The molecule has 2 unspecified atom stereocenters. The first-order chi connectivity index (χ1) is 14.3. The third kappa shape index (κ3) is 6.72. The summed E-state index contributed by atoms with van der Waals surface area (Å²) in [5, 5.41) is 0. The molecule has 154 valence electrons. The predicted octanol–water partition coefficient (Wildman–Crippen LogP) is 2.41. The molecule has 0 saturated carbocycles. The van der Waals surface area contributed by atoms with Crippen LogP contribution < -0.4 is 14.2 Å². The highest BCUT2D eigenvalue weighted by atomic mass is 16.7. The minimum Gasteiger partial charge on any atom is -0.468 e. The van der Waals surface area contributed by atoms with Gasteiger partial charge in [0.2, 0.25) is 0 Å². The molecule has 0 radical (unpaired) electrons. The number of hydrogen-bond donors (Lipinski definition) is 0. The van der Waals surface area contributed by atoms with Gasteiger partial charge in [-0.05, 0) is 48.5 Å². The number of benzene rings is 2. The lowest BCUT2D eigenvalue weighted by Crippen LogP contribution is -2.10. The fourth-order valence-corrected chi connectivity index (χ4v) is 2.36. The fourth-order valence-electron chi connectivity index (χ4n) is 2.36.